The Kier molecular flexibility index (Phi) is 2.79. The van der Waals surface area contributed by atoms with E-state index in [2.05, 4.69) is 15.4 Å². The zero-order valence-electron chi connectivity index (χ0n) is 9.85. The lowest BCUT2D eigenvalue weighted by molar-refractivity contribution is 0.484. The molecule has 4 nitrogen and oxygen atoms in total. The lowest BCUT2D eigenvalue weighted by Crippen LogP contribution is -2.07. The van der Waals surface area contributed by atoms with Crippen molar-refractivity contribution in [3.05, 3.63) is 29.8 Å². The smallest absolute Gasteiger partial charge is 0.163 e. The molecule has 1 unspecified atom stereocenters. The Hall–Kier alpha value is -1.13. The fraction of sp³-hybridized carbons (Fsp3) is 0.417. The highest BCUT2D eigenvalue weighted by atomic mass is 35.5. The number of tetrazole rings is 1. The summed E-state index contributed by atoms with van der Waals surface area (Å²) in [5.74, 6) is 0.853. The van der Waals surface area contributed by atoms with Crippen molar-refractivity contribution >= 4 is 23.2 Å². The molecule has 18 heavy (non-hydrogen) atoms. The van der Waals surface area contributed by atoms with Gasteiger partial charge in [0.15, 0.2) is 0 Å². The SMILES string of the molecule is Cc1ccc(-c2nnn(CC3CC3(Cl)Cl)n2)cc1. The lowest BCUT2D eigenvalue weighted by atomic mass is 10.1. The molecule has 6 heteroatoms. The van der Waals surface area contributed by atoms with Gasteiger partial charge in [0.05, 0.1) is 6.54 Å². The molecule has 1 aliphatic rings. The quantitative estimate of drug-likeness (QED) is 0.813. The van der Waals surface area contributed by atoms with Crippen molar-refractivity contribution in [1.82, 2.24) is 20.2 Å². The number of aryl methyl sites for hydroxylation is 1. The minimum absolute atomic E-state index is 0.223. The number of benzene rings is 1. The van der Waals surface area contributed by atoms with E-state index in [9.17, 15) is 0 Å². The maximum Gasteiger partial charge on any atom is 0.204 e. The fourth-order valence-electron chi connectivity index (χ4n) is 1.80. The summed E-state index contributed by atoms with van der Waals surface area (Å²) in [6.07, 6.45) is 0.789. The van der Waals surface area contributed by atoms with E-state index in [1.54, 1.807) is 4.80 Å². The largest absolute Gasteiger partial charge is 0.204 e. The Balaban J connectivity index is 1.75. The molecule has 0 aliphatic heterocycles. The summed E-state index contributed by atoms with van der Waals surface area (Å²) in [6, 6.07) is 8.03. The summed E-state index contributed by atoms with van der Waals surface area (Å²) in [6.45, 7) is 2.66. The molecule has 1 aromatic heterocycles. The summed E-state index contributed by atoms with van der Waals surface area (Å²) in [5, 5.41) is 12.4. The van der Waals surface area contributed by atoms with Gasteiger partial charge in [0.1, 0.15) is 4.33 Å². The van der Waals surface area contributed by atoms with Gasteiger partial charge in [-0.2, -0.15) is 4.80 Å². The summed E-state index contributed by atoms with van der Waals surface area (Å²) in [4.78, 5) is 1.56. The van der Waals surface area contributed by atoms with Gasteiger partial charge in [-0.15, -0.1) is 33.4 Å². The number of nitrogens with zero attached hydrogens (tertiary/aromatic N) is 4. The third-order valence-electron chi connectivity index (χ3n) is 3.10. The molecule has 0 spiro atoms. The molecule has 1 atom stereocenters. The molecule has 2 aromatic rings. The molecular formula is C12H12Cl2N4. The maximum absolute atomic E-state index is 5.97. The molecule has 1 aliphatic carbocycles. The van der Waals surface area contributed by atoms with E-state index in [-0.39, 0.29) is 5.92 Å². The van der Waals surface area contributed by atoms with E-state index in [0.29, 0.717) is 12.4 Å². The zero-order chi connectivity index (χ0) is 12.8. The normalized spacial score (nSPS) is 20.9. The van der Waals surface area contributed by atoms with Gasteiger partial charge >= 0.3 is 0 Å². The van der Waals surface area contributed by atoms with Crippen LogP contribution in [0.3, 0.4) is 0 Å². The zero-order valence-corrected chi connectivity index (χ0v) is 11.4. The number of halogens is 2. The molecule has 94 valence electrons. The minimum atomic E-state index is -0.600. The Morgan fingerprint density at radius 2 is 2.00 bits per heavy atom. The number of aromatic nitrogens is 4. The van der Waals surface area contributed by atoms with Crippen molar-refractivity contribution < 1.29 is 0 Å². The Labute approximate surface area is 115 Å². The highest BCUT2D eigenvalue weighted by Gasteiger charge is 2.52. The highest BCUT2D eigenvalue weighted by molar-refractivity contribution is 6.50. The Morgan fingerprint density at radius 3 is 2.61 bits per heavy atom. The van der Waals surface area contributed by atoms with Crippen LogP contribution < -0.4 is 0 Å². The minimum Gasteiger partial charge on any atom is -0.163 e. The summed E-state index contributed by atoms with van der Waals surface area (Å²) < 4.78 is -0.600. The average Bonchev–Trinajstić information content (AvgIpc) is 2.75. The first-order chi connectivity index (χ1) is 8.54. The first kappa shape index (κ1) is 11.9. The topological polar surface area (TPSA) is 43.6 Å². The predicted octanol–water partition coefficient (Wildman–Crippen LogP) is 2.84. The van der Waals surface area contributed by atoms with Gasteiger partial charge in [0.25, 0.3) is 0 Å². The van der Waals surface area contributed by atoms with Crippen molar-refractivity contribution in [2.75, 3.05) is 0 Å². The van der Waals surface area contributed by atoms with Crippen molar-refractivity contribution in [3.63, 3.8) is 0 Å². The van der Waals surface area contributed by atoms with Gasteiger partial charge < -0.3 is 0 Å². The second-order valence-electron chi connectivity index (χ2n) is 4.70. The highest BCUT2D eigenvalue weighted by Crippen LogP contribution is 2.53. The van der Waals surface area contributed by atoms with E-state index in [1.807, 2.05) is 31.2 Å². The van der Waals surface area contributed by atoms with Gasteiger partial charge in [-0.1, -0.05) is 29.8 Å². The van der Waals surface area contributed by atoms with Crippen molar-refractivity contribution in [1.29, 1.82) is 0 Å². The molecular weight excluding hydrogens is 271 g/mol. The molecule has 0 saturated heterocycles. The van der Waals surface area contributed by atoms with E-state index < -0.39 is 4.33 Å². The van der Waals surface area contributed by atoms with Gasteiger partial charge in [-0.3, -0.25) is 0 Å². The molecule has 3 rings (SSSR count). The van der Waals surface area contributed by atoms with Crippen LogP contribution in [-0.2, 0) is 6.54 Å². The molecule has 1 fully saturated rings. The van der Waals surface area contributed by atoms with Crippen LogP contribution in [0.2, 0.25) is 0 Å². The standard InChI is InChI=1S/C12H12Cl2N4/c1-8-2-4-9(5-3-8)11-15-17-18(16-11)7-10-6-12(10,13)14/h2-5,10H,6-7H2,1H3. The van der Waals surface area contributed by atoms with Crippen LogP contribution in [0.4, 0.5) is 0 Å². The Bertz CT molecular complexity index is 562. The summed E-state index contributed by atoms with van der Waals surface area (Å²) in [7, 11) is 0. The third kappa shape index (κ3) is 2.35. The lowest BCUT2D eigenvalue weighted by Gasteiger charge is -1.98. The van der Waals surface area contributed by atoms with Crippen LogP contribution in [0, 0.1) is 12.8 Å². The van der Waals surface area contributed by atoms with Gasteiger partial charge in [-0.05, 0) is 18.6 Å². The van der Waals surface area contributed by atoms with E-state index >= 15 is 0 Å². The predicted molar refractivity (Wildman–Crippen MR) is 70.5 cm³/mol. The second kappa shape index (κ2) is 4.21. The average molecular weight is 283 g/mol. The van der Waals surface area contributed by atoms with Crippen molar-refractivity contribution in [2.45, 2.75) is 24.2 Å². The van der Waals surface area contributed by atoms with Crippen LogP contribution in [0.1, 0.15) is 12.0 Å². The van der Waals surface area contributed by atoms with Gasteiger partial charge in [-0.25, -0.2) is 0 Å². The number of alkyl halides is 2. The number of hydrogen-bond acceptors (Lipinski definition) is 3. The molecule has 0 amide bonds. The molecule has 0 N–H and O–H groups in total. The van der Waals surface area contributed by atoms with Gasteiger partial charge in [0, 0.05) is 11.5 Å². The summed E-state index contributed by atoms with van der Waals surface area (Å²) >= 11 is 11.9. The Morgan fingerprint density at radius 1 is 1.33 bits per heavy atom. The van der Waals surface area contributed by atoms with Gasteiger partial charge in [0.2, 0.25) is 5.82 Å². The number of hydrogen-bond donors (Lipinski definition) is 0. The summed E-state index contributed by atoms with van der Waals surface area (Å²) in [5.41, 5.74) is 2.17. The van der Waals surface area contributed by atoms with Crippen LogP contribution in [0.15, 0.2) is 24.3 Å². The van der Waals surface area contributed by atoms with Crippen LogP contribution in [0.5, 0.6) is 0 Å². The first-order valence-corrected chi connectivity index (χ1v) is 6.53. The van der Waals surface area contributed by atoms with Crippen LogP contribution >= 0.6 is 23.2 Å². The molecule has 1 aromatic carbocycles. The van der Waals surface area contributed by atoms with Crippen molar-refractivity contribution in [2.24, 2.45) is 5.92 Å². The fourth-order valence-corrected chi connectivity index (χ4v) is 2.31. The molecule has 0 bridgehead atoms. The first-order valence-electron chi connectivity index (χ1n) is 5.77. The molecule has 1 heterocycles. The van der Waals surface area contributed by atoms with Crippen molar-refractivity contribution in [3.8, 4) is 11.4 Å². The van der Waals surface area contributed by atoms with E-state index in [0.717, 1.165) is 12.0 Å². The number of rotatable bonds is 3. The maximum atomic E-state index is 5.97. The third-order valence-corrected chi connectivity index (χ3v) is 4.03. The molecule has 1 saturated carbocycles. The molecule has 0 radical (unpaired) electrons. The van der Waals surface area contributed by atoms with Crippen LogP contribution in [-0.4, -0.2) is 24.5 Å². The van der Waals surface area contributed by atoms with E-state index in [4.69, 9.17) is 23.2 Å². The monoisotopic (exact) mass is 282 g/mol. The van der Waals surface area contributed by atoms with Crippen LogP contribution in [0.25, 0.3) is 11.4 Å². The van der Waals surface area contributed by atoms with E-state index in [1.165, 1.54) is 5.56 Å². The second-order valence-corrected chi connectivity index (χ2v) is 6.24.